The van der Waals surface area contributed by atoms with Crippen molar-refractivity contribution < 1.29 is 24.6 Å². The topological polar surface area (TPSA) is 116 Å². The van der Waals surface area contributed by atoms with Crippen molar-refractivity contribution >= 4 is 17.8 Å². The predicted molar refractivity (Wildman–Crippen MR) is 66.6 cm³/mol. The molecule has 0 spiro atoms. The number of carboxylic acids is 2. The Morgan fingerprint density at radius 1 is 1.37 bits per heavy atom. The number of piperidine rings is 1. The lowest BCUT2D eigenvalue weighted by molar-refractivity contribution is -0.145. The first-order valence-corrected chi connectivity index (χ1v) is 6.31. The summed E-state index contributed by atoms with van der Waals surface area (Å²) in [5.74, 6) is -2.62. The van der Waals surface area contributed by atoms with E-state index in [-0.39, 0.29) is 18.7 Å². The molecule has 0 aromatic carbocycles. The summed E-state index contributed by atoms with van der Waals surface area (Å²) in [6, 6.07) is -1.15. The van der Waals surface area contributed by atoms with Gasteiger partial charge in [0.1, 0.15) is 6.04 Å². The van der Waals surface area contributed by atoms with Gasteiger partial charge in [-0.2, -0.15) is 0 Å². The molecule has 0 radical (unpaired) electrons. The molecule has 0 saturated carbocycles. The van der Waals surface area contributed by atoms with Gasteiger partial charge >= 0.3 is 11.9 Å². The molecule has 0 aliphatic carbocycles. The molecule has 1 rings (SSSR count). The molecule has 0 bridgehead atoms. The molecule has 0 aromatic heterocycles. The highest BCUT2D eigenvalue weighted by Crippen LogP contribution is 2.25. The maximum atomic E-state index is 12.1. The zero-order chi connectivity index (χ0) is 14.5. The lowest BCUT2D eigenvalue weighted by Gasteiger charge is -2.33. The Labute approximate surface area is 111 Å². The van der Waals surface area contributed by atoms with E-state index < -0.39 is 23.4 Å². The van der Waals surface area contributed by atoms with Crippen molar-refractivity contribution in [1.82, 2.24) is 10.6 Å². The number of carbonyl (C=O) groups is 3. The Kier molecular flexibility index (Phi) is 5.29. The van der Waals surface area contributed by atoms with E-state index in [0.29, 0.717) is 13.0 Å². The van der Waals surface area contributed by atoms with Crippen LogP contribution in [0.25, 0.3) is 0 Å². The van der Waals surface area contributed by atoms with Crippen LogP contribution in [-0.4, -0.2) is 47.2 Å². The normalized spacial score (nSPS) is 24.5. The average molecular weight is 272 g/mol. The van der Waals surface area contributed by atoms with Gasteiger partial charge in [0, 0.05) is 13.0 Å². The summed E-state index contributed by atoms with van der Waals surface area (Å²) in [5, 5.41) is 23.1. The SMILES string of the molecule is CC1(C(=O)N[C@@H](CCC(=O)O)C(=O)O)CCCNC1. The highest BCUT2D eigenvalue weighted by molar-refractivity contribution is 5.87. The fraction of sp³-hybridized carbons (Fsp3) is 0.750. The number of aliphatic carboxylic acids is 2. The van der Waals surface area contributed by atoms with Crippen LogP contribution in [0.1, 0.15) is 32.6 Å². The van der Waals surface area contributed by atoms with Gasteiger partial charge in [-0.25, -0.2) is 4.79 Å². The minimum atomic E-state index is -1.21. The molecule has 108 valence electrons. The first kappa shape index (κ1) is 15.4. The van der Waals surface area contributed by atoms with Crippen LogP contribution in [0.2, 0.25) is 0 Å². The van der Waals surface area contributed by atoms with Crippen LogP contribution < -0.4 is 10.6 Å². The Bertz CT molecular complexity index is 363. The van der Waals surface area contributed by atoms with Gasteiger partial charge in [0.2, 0.25) is 5.91 Å². The smallest absolute Gasteiger partial charge is 0.326 e. The first-order chi connectivity index (χ1) is 8.85. The lowest BCUT2D eigenvalue weighted by atomic mass is 9.81. The fourth-order valence-electron chi connectivity index (χ4n) is 2.11. The molecule has 4 N–H and O–H groups in total. The Morgan fingerprint density at radius 3 is 2.53 bits per heavy atom. The van der Waals surface area contributed by atoms with Crippen molar-refractivity contribution in [3.8, 4) is 0 Å². The van der Waals surface area contributed by atoms with E-state index in [2.05, 4.69) is 10.6 Å². The van der Waals surface area contributed by atoms with Crippen LogP contribution in [-0.2, 0) is 14.4 Å². The maximum Gasteiger partial charge on any atom is 0.326 e. The number of nitrogens with one attached hydrogen (secondary N) is 2. The Morgan fingerprint density at radius 2 is 2.05 bits per heavy atom. The quantitative estimate of drug-likeness (QED) is 0.532. The van der Waals surface area contributed by atoms with E-state index in [1.807, 2.05) is 0 Å². The van der Waals surface area contributed by atoms with Gasteiger partial charge in [0.25, 0.3) is 0 Å². The largest absolute Gasteiger partial charge is 0.481 e. The summed E-state index contributed by atoms with van der Waals surface area (Å²) in [7, 11) is 0. The molecule has 1 aliphatic rings. The minimum absolute atomic E-state index is 0.111. The van der Waals surface area contributed by atoms with E-state index in [9.17, 15) is 14.4 Å². The minimum Gasteiger partial charge on any atom is -0.481 e. The van der Waals surface area contributed by atoms with Gasteiger partial charge < -0.3 is 20.8 Å². The molecule has 1 amide bonds. The van der Waals surface area contributed by atoms with Gasteiger partial charge in [0.15, 0.2) is 0 Å². The molecule has 1 fully saturated rings. The van der Waals surface area contributed by atoms with Crippen LogP contribution in [0.4, 0.5) is 0 Å². The van der Waals surface area contributed by atoms with Crippen LogP contribution in [0, 0.1) is 5.41 Å². The van der Waals surface area contributed by atoms with Crippen LogP contribution >= 0.6 is 0 Å². The molecule has 1 unspecified atom stereocenters. The van der Waals surface area contributed by atoms with Crippen molar-refractivity contribution in [2.75, 3.05) is 13.1 Å². The van der Waals surface area contributed by atoms with Crippen molar-refractivity contribution in [2.24, 2.45) is 5.41 Å². The second-order valence-electron chi connectivity index (χ2n) is 5.14. The van der Waals surface area contributed by atoms with Crippen molar-refractivity contribution in [1.29, 1.82) is 0 Å². The average Bonchev–Trinajstić information content (AvgIpc) is 2.34. The molecule has 2 atom stereocenters. The lowest BCUT2D eigenvalue weighted by Crippen LogP contribution is -2.52. The zero-order valence-electron chi connectivity index (χ0n) is 10.9. The zero-order valence-corrected chi connectivity index (χ0v) is 10.9. The van der Waals surface area contributed by atoms with Crippen LogP contribution in [0.3, 0.4) is 0 Å². The van der Waals surface area contributed by atoms with Crippen molar-refractivity contribution in [3.63, 3.8) is 0 Å². The summed E-state index contributed by atoms with van der Waals surface area (Å²) in [4.78, 5) is 33.6. The Balaban J connectivity index is 2.59. The third-order valence-electron chi connectivity index (χ3n) is 3.40. The standard InChI is InChI=1S/C12H20N2O5/c1-12(5-2-6-13-7-12)11(19)14-8(10(17)18)3-4-9(15)16/h8,13H,2-7H2,1H3,(H,14,19)(H,15,16)(H,17,18)/t8-,12?/m0/s1. The highest BCUT2D eigenvalue weighted by Gasteiger charge is 2.36. The molecule has 7 heteroatoms. The molecule has 0 aromatic rings. The van der Waals surface area contributed by atoms with Gasteiger partial charge in [-0.15, -0.1) is 0 Å². The number of amides is 1. The second-order valence-corrected chi connectivity index (χ2v) is 5.14. The summed E-state index contributed by atoms with van der Waals surface area (Å²) in [6.07, 6.45) is 1.15. The monoisotopic (exact) mass is 272 g/mol. The van der Waals surface area contributed by atoms with Gasteiger partial charge in [-0.3, -0.25) is 9.59 Å². The Hall–Kier alpha value is -1.63. The molecule has 7 nitrogen and oxygen atoms in total. The molecule has 1 heterocycles. The van der Waals surface area contributed by atoms with Gasteiger partial charge in [-0.1, -0.05) is 0 Å². The molecule has 1 aliphatic heterocycles. The molecule has 19 heavy (non-hydrogen) atoms. The van der Waals surface area contributed by atoms with E-state index in [0.717, 1.165) is 13.0 Å². The summed E-state index contributed by atoms with van der Waals surface area (Å²) in [5.41, 5.74) is -0.630. The maximum absolute atomic E-state index is 12.1. The van der Waals surface area contributed by atoms with Gasteiger partial charge in [-0.05, 0) is 32.7 Å². The summed E-state index contributed by atoms with van der Waals surface area (Å²) in [6.45, 7) is 3.14. The summed E-state index contributed by atoms with van der Waals surface area (Å²) >= 11 is 0. The molecule has 1 saturated heterocycles. The number of hydrogen-bond donors (Lipinski definition) is 4. The van der Waals surface area contributed by atoms with E-state index in [1.54, 1.807) is 6.92 Å². The third-order valence-corrected chi connectivity index (χ3v) is 3.40. The molecular weight excluding hydrogens is 252 g/mol. The first-order valence-electron chi connectivity index (χ1n) is 6.31. The van der Waals surface area contributed by atoms with Crippen LogP contribution in [0.5, 0.6) is 0 Å². The highest BCUT2D eigenvalue weighted by atomic mass is 16.4. The third kappa shape index (κ3) is 4.51. The van der Waals surface area contributed by atoms with Crippen LogP contribution in [0.15, 0.2) is 0 Å². The van der Waals surface area contributed by atoms with Gasteiger partial charge in [0.05, 0.1) is 5.41 Å². The summed E-state index contributed by atoms with van der Waals surface area (Å²) < 4.78 is 0. The van der Waals surface area contributed by atoms with E-state index in [4.69, 9.17) is 10.2 Å². The number of rotatable bonds is 6. The van der Waals surface area contributed by atoms with E-state index in [1.165, 1.54) is 0 Å². The number of carboxylic acid groups (broad SMARTS) is 2. The number of hydrogen-bond acceptors (Lipinski definition) is 4. The van der Waals surface area contributed by atoms with E-state index >= 15 is 0 Å². The van der Waals surface area contributed by atoms with Crippen molar-refractivity contribution in [3.05, 3.63) is 0 Å². The molecular formula is C12H20N2O5. The fourth-order valence-corrected chi connectivity index (χ4v) is 2.11. The number of carbonyl (C=O) groups excluding carboxylic acids is 1. The predicted octanol–water partition coefficient (Wildman–Crippen LogP) is -0.190. The second kappa shape index (κ2) is 6.51. The van der Waals surface area contributed by atoms with Crippen molar-refractivity contribution in [2.45, 2.75) is 38.6 Å².